The van der Waals surface area contributed by atoms with Crippen LogP contribution in [-0.2, 0) is 21.7 Å². The third-order valence-corrected chi connectivity index (χ3v) is 13.3. The summed E-state index contributed by atoms with van der Waals surface area (Å²) in [6, 6.07) is 55.5. The van der Waals surface area contributed by atoms with Gasteiger partial charge in [-0.25, -0.2) is 0 Å². The smallest absolute Gasteiger partial charge is 0.0714 e. The molecule has 1 heteroatoms. The van der Waals surface area contributed by atoms with Crippen molar-refractivity contribution in [2.75, 3.05) is 4.90 Å². The molecule has 0 N–H and O–H groups in total. The topological polar surface area (TPSA) is 3.24 Å². The summed E-state index contributed by atoms with van der Waals surface area (Å²) >= 11 is 0. The highest BCUT2D eigenvalue weighted by Crippen LogP contribution is 2.58. The van der Waals surface area contributed by atoms with Crippen molar-refractivity contribution in [2.45, 2.75) is 77.0 Å². The maximum atomic E-state index is 8.76. The van der Waals surface area contributed by atoms with Gasteiger partial charge in [0.1, 0.15) is 0 Å². The van der Waals surface area contributed by atoms with Crippen LogP contribution in [0.4, 0.5) is 17.1 Å². The number of rotatable bonds is 6. The predicted octanol–water partition coefficient (Wildman–Crippen LogP) is 16.1. The highest BCUT2D eigenvalue weighted by Gasteiger charge is 2.46. The molecule has 0 spiro atoms. The van der Waals surface area contributed by atoms with Gasteiger partial charge in [-0.2, -0.15) is 0 Å². The van der Waals surface area contributed by atoms with Crippen LogP contribution in [0.5, 0.6) is 0 Å². The number of hydrogen-bond donors (Lipinski definition) is 0. The van der Waals surface area contributed by atoms with E-state index in [0.29, 0.717) is 5.56 Å². The molecule has 10 rings (SSSR count). The van der Waals surface area contributed by atoms with E-state index in [2.05, 4.69) is 194 Å². The quantitative estimate of drug-likeness (QED) is 0.162. The second-order valence-electron chi connectivity index (χ2n) is 19.4. The van der Waals surface area contributed by atoms with Gasteiger partial charge >= 0.3 is 0 Å². The summed E-state index contributed by atoms with van der Waals surface area (Å²) in [5.41, 5.74) is 17.8. The number of nitrogens with zero attached hydrogens (tertiary/aromatic N) is 1. The van der Waals surface area contributed by atoms with Gasteiger partial charge in [0.05, 0.1) is 12.3 Å². The summed E-state index contributed by atoms with van der Waals surface area (Å²) in [4.78, 5) is 2.31. The number of benzene rings is 8. The molecular formula is C60H55N. The Labute approximate surface area is 370 Å². The third-order valence-electron chi connectivity index (χ3n) is 13.3. The van der Waals surface area contributed by atoms with Crippen LogP contribution >= 0.6 is 0 Å². The van der Waals surface area contributed by atoms with Crippen LogP contribution in [-0.4, -0.2) is 0 Å². The first-order valence-electron chi connectivity index (χ1n) is 24.0. The van der Waals surface area contributed by atoms with Gasteiger partial charge in [0.25, 0.3) is 0 Å². The SMILES string of the molecule is [2H]c1c([2H])c([2H])c(-c2ccc(N(c3cccc(C4(c5ccccc5)c5ccccc5-c5ccccc54)c3)c3ccc4c(c3)C(C)(C)c3c-4cc(C(C)(C)C)cc3C(C)(C)C)cc2)c([2H])c1[2H]. The molecule has 0 atom stereocenters. The lowest BCUT2D eigenvalue weighted by Crippen LogP contribution is -2.28. The fourth-order valence-corrected chi connectivity index (χ4v) is 10.3. The van der Waals surface area contributed by atoms with Gasteiger partial charge in [0, 0.05) is 22.5 Å². The van der Waals surface area contributed by atoms with E-state index in [0.717, 1.165) is 22.6 Å². The van der Waals surface area contributed by atoms with Crippen LogP contribution in [0.15, 0.2) is 188 Å². The summed E-state index contributed by atoms with van der Waals surface area (Å²) in [5.74, 6) is 0. The Morgan fingerprint density at radius 3 is 1.66 bits per heavy atom. The maximum absolute atomic E-state index is 8.76. The molecule has 0 amide bonds. The summed E-state index contributed by atoms with van der Waals surface area (Å²) in [7, 11) is 0. The van der Waals surface area contributed by atoms with E-state index in [1.807, 2.05) is 24.3 Å². The highest BCUT2D eigenvalue weighted by molar-refractivity contribution is 5.89. The van der Waals surface area contributed by atoms with E-state index in [-0.39, 0.29) is 46.0 Å². The Bertz CT molecular complexity index is 3170. The summed E-state index contributed by atoms with van der Waals surface area (Å²) in [6.45, 7) is 18.6. The fraction of sp³-hybridized carbons (Fsp3) is 0.200. The molecule has 8 aromatic rings. The van der Waals surface area contributed by atoms with Crippen LogP contribution < -0.4 is 4.90 Å². The Morgan fingerprint density at radius 2 is 1.02 bits per heavy atom. The number of fused-ring (bicyclic) bond motifs is 6. The fourth-order valence-electron chi connectivity index (χ4n) is 10.3. The van der Waals surface area contributed by atoms with Crippen molar-refractivity contribution in [3.05, 3.63) is 232 Å². The Balaban J connectivity index is 1.21. The molecule has 61 heavy (non-hydrogen) atoms. The highest BCUT2D eigenvalue weighted by atomic mass is 15.1. The molecule has 1 nitrogen and oxygen atoms in total. The van der Waals surface area contributed by atoms with E-state index in [1.54, 1.807) is 0 Å². The minimum Gasteiger partial charge on any atom is -0.310 e. The molecule has 2 aliphatic carbocycles. The van der Waals surface area contributed by atoms with E-state index in [1.165, 1.54) is 61.2 Å². The average Bonchev–Trinajstić information content (AvgIpc) is 3.73. The Hall–Kier alpha value is -6.44. The molecule has 0 bridgehead atoms. The molecule has 0 saturated carbocycles. The van der Waals surface area contributed by atoms with Crippen LogP contribution in [0, 0.1) is 0 Å². The van der Waals surface area contributed by atoms with Crippen molar-refractivity contribution in [2.24, 2.45) is 0 Å². The molecule has 0 aromatic heterocycles. The third kappa shape index (κ3) is 6.12. The van der Waals surface area contributed by atoms with E-state index in [9.17, 15) is 0 Å². The second kappa shape index (κ2) is 14.1. The van der Waals surface area contributed by atoms with Crippen molar-refractivity contribution in [1.82, 2.24) is 0 Å². The Morgan fingerprint density at radius 1 is 0.443 bits per heavy atom. The van der Waals surface area contributed by atoms with Gasteiger partial charge in [0.2, 0.25) is 0 Å². The van der Waals surface area contributed by atoms with Gasteiger partial charge in [-0.3, -0.25) is 0 Å². The zero-order valence-corrected chi connectivity index (χ0v) is 36.5. The van der Waals surface area contributed by atoms with Crippen LogP contribution in [0.3, 0.4) is 0 Å². The monoisotopic (exact) mass is 794 g/mol. The molecule has 0 aliphatic heterocycles. The summed E-state index contributed by atoms with van der Waals surface area (Å²) in [5, 5.41) is 0. The molecule has 2 aliphatic rings. The minimum absolute atomic E-state index is 0.0253. The predicted molar refractivity (Wildman–Crippen MR) is 259 cm³/mol. The molecule has 0 fully saturated rings. The molecular weight excluding hydrogens is 735 g/mol. The van der Waals surface area contributed by atoms with Gasteiger partial charge in [-0.15, -0.1) is 0 Å². The molecule has 0 saturated heterocycles. The molecule has 0 heterocycles. The first kappa shape index (κ1) is 33.3. The van der Waals surface area contributed by atoms with Crippen molar-refractivity contribution >= 4 is 17.1 Å². The lowest BCUT2D eigenvalue weighted by Gasteiger charge is -2.35. The normalized spacial score (nSPS) is 15.6. The second-order valence-corrected chi connectivity index (χ2v) is 19.4. The van der Waals surface area contributed by atoms with Gasteiger partial charge < -0.3 is 4.90 Å². The van der Waals surface area contributed by atoms with E-state index < -0.39 is 11.5 Å². The molecule has 8 aromatic carbocycles. The lowest BCUT2D eigenvalue weighted by molar-refractivity contribution is 0.545. The summed E-state index contributed by atoms with van der Waals surface area (Å²) < 4.78 is 42.5. The molecule has 300 valence electrons. The Kier molecular flexibility index (Phi) is 7.68. The van der Waals surface area contributed by atoms with Gasteiger partial charge in [-0.05, 0) is 125 Å². The van der Waals surface area contributed by atoms with Gasteiger partial charge in [0.15, 0.2) is 0 Å². The zero-order valence-electron chi connectivity index (χ0n) is 41.5. The number of hydrogen-bond acceptors (Lipinski definition) is 1. The van der Waals surface area contributed by atoms with E-state index >= 15 is 0 Å². The van der Waals surface area contributed by atoms with E-state index in [4.69, 9.17) is 6.85 Å². The standard InChI is InChI=1S/C60H55N/c1-57(2,3)44-37-51-50-35-34-47(39-54(50)59(7,8)56(51)55(38-44)58(4,5)6)61(45-32-30-41(31-33-45)40-20-11-9-12-21-40)46-25-19-24-43(36-46)60(42-22-13-10-14-23-42)52-28-17-15-26-48(52)49-27-16-18-29-53(49)60/h9-39H,1-8H3/i9D,11D,12D,20D,21D. The van der Waals surface area contributed by atoms with Crippen molar-refractivity contribution in [1.29, 1.82) is 0 Å². The van der Waals surface area contributed by atoms with Crippen LogP contribution in [0.1, 0.15) is 107 Å². The van der Waals surface area contributed by atoms with Crippen molar-refractivity contribution < 1.29 is 6.85 Å². The van der Waals surface area contributed by atoms with Gasteiger partial charge in [-0.1, -0.05) is 207 Å². The van der Waals surface area contributed by atoms with Crippen LogP contribution in [0.25, 0.3) is 33.4 Å². The maximum Gasteiger partial charge on any atom is 0.0714 e. The van der Waals surface area contributed by atoms with Crippen LogP contribution in [0.2, 0.25) is 0 Å². The van der Waals surface area contributed by atoms with Crippen molar-refractivity contribution in [3.63, 3.8) is 0 Å². The minimum atomic E-state index is -0.601. The first-order chi connectivity index (χ1) is 31.3. The lowest BCUT2D eigenvalue weighted by atomic mass is 9.67. The average molecular weight is 795 g/mol. The summed E-state index contributed by atoms with van der Waals surface area (Å²) in [6.07, 6.45) is 0. The first-order valence-corrected chi connectivity index (χ1v) is 21.5. The molecule has 0 radical (unpaired) electrons. The molecule has 0 unspecified atom stereocenters. The zero-order chi connectivity index (χ0) is 46.7. The van der Waals surface area contributed by atoms with Crippen molar-refractivity contribution in [3.8, 4) is 33.4 Å². The largest absolute Gasteiger partial charge is 0.310 e. The number of anilines is 3.